The quantitative estimate of drug-likeness (QED) is 0.456. The summed E-state index contributed by atoms with van der Waals surface area (Å²) >= 11 is 4.29. The lowest BCUT2D eigenvalue weighted by Gasteiger charge is -2.26. The van der Waals surface area contributed by atoms with E-state index in [1.165, 1.54) is 12.7 Å². The average Bonchev–Trinajstić information content (AvgIpc) is 3.40. The molecule has 9 heteroatoms. The van der Waals surface area contributed by atoms with Crippen LogP contribution in [0.2, 0.25) is 0 Å². The Balaban J connectivity index is 1.37. The van der Waals surface area contributed by atoms with Gasteiger partial charge in [-0.3, -0.25) is 4.79 Å². The molecule has 1 amide bonds. The Kier molecular flexibility index (Phi) is 5.94. The molecule has 3 aliphatic rings. The van der Waals surface area contributed by atoms with Gasteiger partial charge in [0.1, 0.15) is 29.2 Å². The highest BCUT2D eigenvalue weighted by molar-refractivity contribution is 7.80. The Morgan fingerprint density at radius 2 is 2.03 bits per heavy atom. The number of aromatic nitrogens is 3. The van der Waals surface area contributed by atoms with Crippen LogP contribution in [-0.2, 0) is 4.79 Å². The molecule has 3 unspecified atom stereocenters. The fourth-order valence-electron chi connectivity index (χ4n) is 4.72. The van der Waals surface area contributed by atoms with Crippen LogP contribution in [-0.4, -0.2) is 51.0 Å². The standard InChI is InChI=1S/C23H30N6O2S/c1-14-6-7-28(11-14)20-5-4-16(10-24-20)18-8-17(23(31)32)12-29(18)21-9-19(25-13-26-21)27-22(30)15-2-3-15/h4-5,9-10,13-15,17-18,23,31-32H,2-3,6-8,11-12H2,1H3,(H,25,26,27,30)/t14?,17?,18?,23-/m0/s1. The molecule has 8 nitrogen and oxygen atoms in total. The van der Waals surface area contributed by atoms with Gasteiger partial charge in [0.15, 0.2) is 0 Å². The number of nitrogens with one attached hydrogen (secondary N) is 1. The lowest BCUT2D eigenvalue weighted by Crippen LogP contribution is -2.26. The summed E-state index contributed by atoms with van der Waals surface area (Å²) in [5.41, 5.74) is 0.372. The normalized spacial score (nSPS) is 26.4. The molecule has 0 spiro atoms. The van der Waals surface area contributed by atoms with Gasteiger partial charge in [-0.05, 0) is 43.2 Å². The molecule has 2 saturated heterocycles. The Morgan fingerprint density at radius 3 is 2.69 bits per heavy atom. The summed E-state index contributed by atoms with van der Waals surface area (Å²) in [4.78, 5) is 30.1. The van der Waals surface area contributed by atoms with Gasteiger partial charge in [-0.15, -0.1) is 12.6 Å². The highest BCUT2D eigenvalue weighted by Crippen LogP contribution is 2.40. The summed E-state index contributed by atoms with van der Waals surface area (Å²) in [6.07, 6.45) is 7.27. The molecular formula is C23H30N6O2S. The molecule has 2 aliphatic heterocycles. The van der Waals surface area contributed by atoms with Crippen LogP contribution in [0.5, 0.6) is 0 Å². The molecule has 1 saturated carbocycles. The van der Waals surface area contributed by atoms with Crippen LogP contribution in [0.3, 0.4) is 0 Å². The summed E-state index contributed by atoms with van der Waals surface area (Å²) in [6.45, 7) is 4.99. The number of carbonyl (C=O) groups is 1. The number of anilines is 3. The molecule has 5 rings (SSSR count). The number of pyridine rings is 1. The minimum Gasteiger partial charge on any atom is -0.382 e. The summed E-state index contributed by atoms with van der Waals surface area (Å²) in [5.74, 6) is 3.09. The van der Waals surface area contributed by atoms with E-state index < -0.39 is 5.44 Å². The predicted octanol–water partition coefficient (Wildman–Crippen LogP) is 2.88. The minimum absolute atomic E-state index is 0.00177. The highest BCUT2D eigenvalue weighted by atomic mass is 32.1. The Morgan fingerprint density at radius 1 is 1.19 bits per heavy atom. The van der Waals surface area contributed by atoms with Gasteiger partial charge in [-0.2, -0.15) is 0 Å². The SMILES string of the molecule is CC1CCN(c2ccc(C3CC([C@@H](O)S)CN3c3cc(NC(=O)C4CC4)ncn3)cn2)C1. The number of thiol groups is 1. The van der Waals surface area contributed by atoms with Crippen molar-refractivity contribution in [3.8, 4) is 0 Å². The smallest absolute Gasteiger partial charge is 0.228 e. The van der Waals surface area contributed by atoms with E-state index in [0.717, 1.165) is 49.6 Å². The molecule has 2 N–H and O–H groups in total. The average molecular weight is 455 g/mol. The van der Waals surface area contributed by atoms with E-state index in [2.05, 4.69) is 56.8 Å². The number of amides is 1. The first kappa shape index (κ1) is 21.5. The van der Waals surface area contributed by atoms with Crippen LogP contribution in [0, 0.1) is 17.8 Å². The molecule has 3 fully saturated rings. The molecule has 170 valence electrons. The molecule has 2 aromatic heterocycles. The first-order valence-corrected chi connectivity index (χ1v) is 12.0. The molecule has 4 atom stereocenters. The third-order valence-electron chi connectivity index (χ3n) is 6.80. The second-order valence-corrected chi connectivity index (χ2v) is 9.92. The third-order valence-corrected chi connectivity index (χ3v) is 7.23. The van der Waals surface area contributed by atoms with Gasteiger partial charge < -0.3 is 20.2 Å². The molecule has 32 heavy (non-hydrogen) atoms. The fourth-order valence-corrected chi connectivity index (χ4v) is 4.94. The van der Waals surface area contributed by atoms with Crippen LogP contribution in [0.4, 0.5) is 17.5 Å². The Labute approximate surface area is 193 Å². The largest absolute Gasteiger partial charge is 0.382 e. The van der Waals surface area contributed by atoms with Gasteiger partial charge in [0, 0.05) is 43.7 Å². The van der Waals surface area contributed by atoms with Gasteiger partial charge in [-0.1, -0.05) is 13.0 Å². The van der Waals surface area contributed by atoms with Gasteiger partial charge in [-0.25, -0.2) is 15.0 Å². The lowest BCUT2D eigenvalue weighted by molar-refractivity contribution is -0.117. The zero-order chi connectivity index (χ0) is 22.2. The first-order chi connectivity index (χ1) is 15.5. The van der Waals surface area contributed by atoms with Crippen LogP contribution in [0.1, 0.15) is 44.2 Å². The second-order valence-electron chi connectivity index (χ2n) is 9.39. The van der Waals surface area contributed by atoms with E-state index in [-0.39, 0.29) is 23.8 Å². The van der Waals surface area contributed by atoms with Crippen molar-refractivity contribution < 1.29 is 9.90 Å². The maximum atomic E-state index is 12.2. The lowest BCUT2D eigenvalue weighted by atomic mass is 10.0. The van der Waals surface area contributed by atoms with Crippen molar-refractivity contribution in [2.24, 2.45) is 17.8 Å². The molecule has 0 radical (unpaired) electrons. The topological polar surface area (TPSA) is 94.5 Å². The maximum Gasteiger partial charge on any atom is 0.228 e. The van der Waals surface area contributed by atoms with Crippen LogP contribution in [0.15, 0.2) is 30.7 Å². The molecular weight excluding hydrogens is 424 g/mol. The van der Waals surface area contributed by atoms with Crippen molar-refractivity contribution in [1.29, 1.82) is 0 Å². The molecule has 0 aromatic carbocycles. The number of nitrogens with zero attached hydrogens (tertiary/aromatic N) is 5. The van der Waals surface area contributed by atoms with Crippen molar-refractivity contribution in [2.75, 3.05) is 34.8 Å². The molecule has 2 aromatic rings. The van der Waals surface area contributed by atoms with Crippen molar-refractivity contribution in [3.63, 3.8) is 0 Å². The van der Waals surface area contributed by atoms with Crippen molar-refractivity contribution in [3.05, 3.63) is 36.3 Å². The number of aliphatic hydroxyl groups excluding tert-OH is 1. The van der Waals surface area contributed by atoms with E-state index >= 15 is 0 Å². The molecule has 1 aliphatic carbocycles. The van der Waals surface area contributed by atoms with Gasteiger partial charge in [0.25, 0.3) is 0 Å². The molecule has 0 bridgehead atoms. The maximum absolute atomic E-state index is 12.2. The van der Waals surface area contributed by atoms with Gasteiger partial charge in [0.2, 0.25) is 5.91 Å². The first-order valence-electron chi connectivity index (χ1n) is 11.4. The van der Waals surface area contributed by atoms with E-state index in [1.54, 1.807) is 0 Å². The van der Waals surface area contributed by atoms with E-state index in [0.29, 0.717) is 18.3 Å². The monoisotopic (exact) mass is 454 g/mol. The van der Waals surface area contributed by atoms with E-state index in [4.69, 9.17) is 4.98 Å². The summed E-state index contributed by atoms with van der Waals surface area (Å²) in [5, 5.41) is 13.1. The highest BCUT2D eigenvalue weighted by Gasteiger charge is 2.37. The third kappa shape index (κ3) is 4.54. The number of carbonyl (C=O) groups excluding carboxylic acids is 1. The van der Waals surface area contributed by atoms with Crippen LogP contribution in [0.25, 0.3) is 0 Å². The van der Waals surface area contributed by atoms with Crippen molar-refractivity contribution in [2.45, 2.75) is 44.1 Å². The zero-order valence-electron chi connectivity index (χ0n) is 18.3. The number of hydrogen-bond donors (Lipinski definition) is 3. The summed E-state index contributed by atoms with van der Waals surface area (Å²) < 4.78 is 0. The fraction of sp³-hybridized carbons (Fsp3) is 0.565. The van der Waals surface area contributed by atoms with Crippen molar-refractivity contribution >= 4 is 36.0 Å². The number of hydrogen-bond acceptors (Lipinski definition) is 8. The zero-order valence-corrected chi connectivity index (χ0v) is 19.2. The van der Waals surface area contributed by atoms with E-state index in [1.807, 2.05) is 12.3 Å². The summed E-state index contributed by atoms with van der Waals surface area (Å²) in [7, 11) is 0. The molecule has 4 heterocycles. The number of rotatable bonds is 6. The second kappa shape index (κ2) is 8.86. The minimum atomic E-state index is -0.711. The predicted molar refractivity (Wildman–Crippen MR) is 127 cm³/mol. The number of aliphatic hydroxyl groups is 1. The summed E-state index contributed by atoms with van der Waals surface area (Å²) in [6, 6.07) is 6.06. The Bertz CT molecular complexity index is 967. The van der Waals surface area contributed by atoms with Crippen LogP contribution < -0.4 is 15.1 Å². The van der Waals surface area contributed by atoms with E-state index in [9.17, 15) is 9.90 Å². The van der Waals surface area contributed by atoms with Crippen LogP contribution >= 0.6 is 12.6 Å². The Hall–Kier alpha value is -2.39. The van der Waals surface area contributed by atoms with Crippen molar-refractivity contribution in [1.82, 2.24) is 15.0 Å². The van der Waals surface area contributed by atoms with Gasteiger partial charge >= 0.3 is 0 Å². The van der Waals surface area contributed by atoms with Gasteiger partial charge in [0.05, 0.1) is 6.04 Å².